The third-order valence-corrected chi connectivity index (χ3v) is 8.05. The van der Waals surface area contributed by atoms with Crippen LogP contribution < -0.4 is 17.0 Å². The molecule has 2 aliphatic heterocycles. The molecule has 5 heterocycles. The molecule has 2 saturated heterocycles. The number of nitrogen functional groups attached to an aromatic ring is 1. The summed E-state index contributed by atoms with van der Waals surface area (Å²) in [7, 11) is 0. The molecule has 20 heteroatoms. The average Bonchev–Trinajstić information content (AvgIpc) is 3.56. The number of nitrogens with zero attached hydrogens (tertiary/aromatic N) is 5. The third kappa shape index (κ3) is 5.33. The standard InChI is InChI=1S/C20H26N7O11PS/c1-8-4-26(19(32)25-17(8)30)11-2-9(29)14(36-11)18(31)37-39(34,40)38-20(33)3-12(35-10(20)5-28)27-7-24-13-15(21)22-6-23-16(13)27/h4,6-7,9-12,14,18,28-29,31,33H,2-3,5H2,1H3,(H,34,40)(H2,21,22,23)(H,25,30,32)/t9-,10+,11+,12+,14-,18?,20-,39?/m0/s1. The van der Waals surface area contributed by atoms with Crippen molar-refractivity contribution >= 4 is 35.5 Å². The second kappa shape index (κ2) is 10.6. The highest BCUT2D eigenvalue weighted by Gasteiger charge is 2.53. The fourth-order valence-corrected chi connectivity index (χ4v) is 6.25. The van der Waals surface area contributed by atoms with Gasteiger partial charge in [0.1, 0.15) is 36.5 Å². The molecule has 0 bridgehead atoms. The number of H-pyrrole nitrogens is 1. The molecule has 0 aromatic carbocycles. The van der Waals surface area contributed by atoms with Crippen LogP contribution in [0, 0.1) is 6.92 Å². The molecule has 8 N–H and O–H groups in total. The van der Waals surface area contributed by atoms with Gasteiger partial charge in [-0.3, -0.25) is 28.0 Å². The van der Waals surface area contributed by atoms with Crippen LogP contribution >= 0.6 is 6.72 Å². The van der Waals surface area contributed by atoms with Crippen LogP contribution in [-0.2, 0) is 30.3 Å². The highest BCUT2D eigenvalue weighted by atomic mass is 32.5. The first-order valence-electron chi connectivity index (χ1n) is 11.8. The molecule has 40 heavy (non-hydrogen) atoms. The summed E-state index contributed by atoms with van der Waals surface area (Å²) in [5.74, 6) is -2.28. The molecule has 2 unspecified atom stereocenters. The van der Waals surface area contributed by atoms with E-state index in [4.69, 9.17) is 36.1 Å². The van der Waals surface area contributed by atoms with E-state index in [0.717, 1.165) is 4.57 Å². The summed E-state index contributed by atoms with van der Waals surface area (Å²) in [6, 6.07) is 0. The lowest BCUT2D eigenvalue weighted by Gasteiger charge is -2.32. The van der Waals surface area contributed by atoms with Crippen molar-refractivity contribution < 1.29 is 43.8 Å². The summed E-state index contributed by atoms with van der Waals surface area (Å²) in [6.07, 6.45) is -5.24. The molecule has 218 valence electrons. The monoisotopic (exact) mass is 603 g/mol. The Morgan fingerprint density at radius 3 is 2.77 bits per heavy atom. The fraction of sp³-hybridized carbons (Fsp3) is 0.550. The first-order valence-corrected chi connectivity index (χ1v) is 14.4. The summed E-state index contributed by atoms with van der Waals surface area (Å²) < 4.78 is 24.1. The summed E-state index contributed by atoms with van der Waals surface area (Å²) >= 11 is 4.99. The Hall–Kier alpha value is -2.68. The second-order valence-corrected chi connectivity index (χ2v) is 12.0. The molecule has 2 fully saturated rings. The van der Waals surface area contributed by atoms with Gasteiger partial charge in [-0.15, -0.1) is 0 Å². The molecular weight excluding hydrogens is 577 g/mol. The van der Waals surface area contributed by atoms with Crippen LogP contribution in [0.2, 0.25) is 0 Å². The number of ether oxygens (including phenoxy) is 2. The van der Waals surface area contributed by atoms with E-state index in [1.807, 2.05) is 0 Å². The predicted molar refractivity (Wildman–Crippen MR) is 136 cm³/mol. The van der Waals surface area contributed by atoms with Crippen LogP contribution in [-0.4, -0.2) is 91.4 Å². The number of aryl methyl sites for hydroxylation is 1. The van der Waals surface area contributed by atoms with Crippen LogP contribution in [0.15, 0.2) is 28.4 Å². The maximum absolute atomic E-state index is 12.2. The van der Waals surface area contributed by atoms with Crippen molar-refractivity contribution in [1.29, 1.82) is 0 Å². The largest absolute Gasteiger partial charge is 0.393 e. The lowest BCUT2D eigenvalue weighted by molar-refractivity contribution is -0.203. The molecule has 0 spiro atoms. The van der Waals surface area contributed by atoms with Crippen molar-refractivity contribution in [3.05, 3.63) is 45.3 Å². The van der Waals surface area contributed by atoms with Crippen LogP contribution in [0.1, 0.15) is 30.9 Å². The van der Waals surface area contributed by atoms with Crippen molar-refractivity contribution in [2.45, 2.75) is 62.6 Å². The maximum Gasteiger partial charge on any atom is 0.330 e. The molecular formula is C20H26N7O11PS. The van der Waals surface area contributed by atoms with E-state index in [1.165, 1.54) is 30.3 Å². The molecule has 18 nitrogen and oxygen atoms in total. The van der Waals surface area contributed by atoms with Crippen molar-refractivity contribution in [2.24, 2.45) is 0 Å². The van der Waals surface area contributed by atoms with E-state index < -0.39 is 67.4 Å². The Morgan fingerprint density at radius 1 is 1.30 bits per heavy atom. The number of hydrogen-bond acceptors (Lipinski definition) is 15. The minimum atomic E-state index is -4.50. The van der Waals surface area contributed by atoms with Crippen molar-refractivity contribution in [2.75, 3.05) is 12.3 Å². The minimum absolute atomic E-state index is 0.110. The number of aliphatic hydroxyl groups excluding tert-OH is 3. The van der Waals surface area contributed by atoms with Crippen molar-refractivity contribution in [3.8, 4) is 0 Å². The maximum atomic E-state index is 12.2. The number of nitrogens with one attached hydrogen (secondary N) is 1. The van der Waals surface area contributed by atoms with E-state index in [1.54, 1.807) is 0 Å². The van der Waals surface area contributed by atoms with Gasteiger partial charge >= 0.3 is 12.4 Å². The molecule has 2 aliphatic rings. The zero-order chi connectivity index (χ0) is 29.0. The van der Waals surface area contributed by atoms with E-state index in [2.05, 4.69) is 19.9 Å². The van der Waals surface area contributed by atoms with Crippen LogP contribution in [0.3, 0.4) is 0 Å². The highest BCUT2D eigenvalue weighted by molar-refractivity contribution is 8.07. The number of imidazole rings is 1. The van der Waals surface area contributed by atoms with Crippen LogP contribution in [0.5, 0.6) is 0 Å². The predicted octanol–water partition coefficient (Wildman–Crippen LogP) is -2.55. The van der Waals surface area contributed by atoms with Crippen molar-refractivity contribution in [1.82, 2.24) is 29.1 Å². The minimum Gasteiger partial charge on any atom is -0.393 e. The number of aromatic amines is 1. The smallest absolute Gasteiger partial charge is 0.330 e. The molecule has 3 aromatic heterocycles. The van der Waals surface area contributed by atoms with Gasteiger partial charge in [-0.2, -0.15) is 0 Å². The van der Waals surface area contributed by atoms with Gasteiger partial charge in [0.15, 0.2) is 17.8 Å². The third-order valence-electron chi connectivity index (χ3n) is 6.54. The van der Waals surface area contributed by atoms with Gasteiger partial charge in [0.25, 0.3) is 5.56 Å². The van der Waals surface area contributed by atoms with Gasteiger partial charge in [-0.1, -0.05) is 0 Å². The average molecular weight is 604 g/mol. The zero-order valence-corrected chi connectivity index (χ0v) is 22.4. The highest BCUT2D eigenvalue weighted by Crippen LogP contribution is 2.54. The number of aliphatic hydroxyl groups is 4. The van der Waals surface area contributed by atoms with Gasteiger partial charge < -0.3 is 40.5 Å². The van der Waals surface area contributed by atoms with E-state index in [0.29, 0.717) is 0 Å². The molecule has 8 atom stereocenters. The molecule has 5 rings (SSSR count). The number of fused-ring (bicyclic) bond motifs is 1. The molecule has 0 radical (unpaired) electrons. The number of rotatable bonds is 8. The van der Waals surface area contributed by atoms with Crippen molar-refractivity contribution in [3.63, 3.8) is 0 Å². The van der Waals surface area contributed by atoms with Crippen LogP contribution in [0.25, 0.3) is 11.2 Å². The Labute approximate surface area is 228 Å². The first kappa shape index (κ1) is 28.8. The fourth-order valence-electron chi connectivity index (χ4n) is 4.57. The van der Waals surface area contributed by atoms with E-state index >= 15 is 0 Å². The quantitative estimate of drug-likeness (QED) is 0.103. The molecule has 3 aromatic rings. The van der Waals surface area contributed by atoms with E-state index in [-0.39, 0.29) is 35.4 Å². The first-order chi connectivity index (χ1) is 18.8. The topological polar surface area (TPSA) is 263 Å². The van der Waals surface area contributed by atoms with Gasteiger partial charge in [0.2, 0.25) is 5.79 Å². The zero-order valence-electron chi connectivity index (χ0n) is 20.7. The normalized spacial score (nSPS) is 31.0. The Balaban J connectivity index is 1.29. The number of hydrogen-bond donors (Lipinski definition) is 7. The summed E-state index contributed by atoms with van der Waals surface area (Å²) in [4.78, 5) is 48.7. The second-order valence-electron chi connectivity index (χ2n) is 9.29. The summed E-state index contributed by atoms with van der Waals surface area (Å²) in [6.45, 7) is -3.79. The van der Waals surface area contributed by atoms with E-state index in [9.17, 15) is 34.9 Å². The molecule has 0 aliphatic carbocycles. The number of anilines is 1. The number of nitrogens with two attached hydrogens (primary N) is 1. The Kier molecular flexibility index (Phi) is 7.66. The molecule has 0 amide bonds. The lowest BCUT2D eigenvalue weighted by Crippen LogP contribution is -2.43. The molecule has 0 saturated carbocycles. The van der Waals surface area contributed by atoms with Gasteiger partial charge in [-0.05, 0) is 18.7 Å². The Morgan fingerprint density at radius 2 is 2.05 bits per heavy atom. The SMILES string of the molecule is Cc1cn([C@H]2C[C@H](O)[C@@H](C(O)OP(O)(=S)O[C@@]3(O)C[C@H](n4cnc5c(N)ncnc54)O[C@@H]3CO)O2)c(=O)[nH]c1=O. The van der Waals surface area contributed by atoms with Crippen LogP contribution in [0.4, 0.5) is 5.82 Å². The van der Waals surface area contributed by atoms with Gasteiger partial charge in [-0.25, -0.2) is 19.7 Å². The number of aromatic nitrogens is 6. The summed E-state index contributed by atoms with van der Waals surface area (Å²) in [5.41, 5.74) is 5.17. The lowest BCUT2D eigenvalue weighted by atomic mass is 10.1. The van der Waals surface area contributed by atoms with Gasteiger partial charge in [0.05, 0.1) is 25.5 Å². The van der Waals surface area contributed by atoms with Gasteiger partial charge in [0, 0.05) is 18.2 Å². The Bertz CT molecular complexity index is 1580. The summed E-state index contributed by atoms with van der Waals surface area (Å²) in [5, 5.41) is 42.0.